The van der Waals surface area contributed by atoms with Gasteiger partial charge in [0.2, 0.25) is 0 Å². The maximum Gasteiger partial charge on any atom is -0.00203 e. The van der Waals surface area contributed by atoms with E-state index in [4.69, 9.17) is 5.73 Å². The van der Waals surface area contributed by atoms with E-state index in [1.165, 1.54) is 25.7 Å². The predicted octanol–water partition coefficient (Wildman–Crippen LogP) is 2.16. The Balaban J connectivity index is 1.93. The summed E-state index contributed by atoms with van der Waals surface area (Å²) in [6.07, 6.45) is 8.99. The maximum absolute atomic E-state index is 5.93. The highest BCUT2D eigenvalue weighted by atomic mass is 14.7. The molecule has 0 aromatic rings. The number of rotatable bonds is 1. The second kappa shape index (κ2) is 2.25. The first-order valence-corrected chi connectivity index (χ1v) is 5.51. The van der Waals surface area contributed by atoms with E-state index in [1.54, 1.807) is 12.8 Å². The molecule has 1 heteroatoms. The molecule has 0 amide bonds. The summed E-state index contributed by atoms with van der Waals surface area (Å²) in [5.41, 5.74) is 6.54. The highest BCUT2D eigenvalue weighted by Gasteiger charge is 2.50. The van der Waals surface area contributed by atoms with Gasteiger partial charge in [-0.2, -0.15) is 0 Å². The van der Waals surface area contributed by atoms with Crippen molar-refractivity contribution in [1.82, 2.24) is 0 Å². The van der Waals surface area contributed by atoms with E-state index < -0.39 is 0 Å². The highest BCUT2D eigenvalue weighted by molar-refractivity contribution is 5.02. The molecule has 0 aromatic heterocycles. The van der Waals surface area contributed by atoms with E-state index in [9.17, 15) is 0 Å². The Morgan fingerprint density at radius 3 is 2.83 bits per heavy atom. The molecule has 0 heterocycles. The number of hydrogen-bond acceptors (Lipinski definition) is 1. The highest BCUT2D eigenvalue weighted by Crippen LogP contribution is 2.60. The van der Waals surface area contributed by atoms with Gasteiger partial charge < -0.3 is 5.73 Å². The van der Waals surface area contributed by atoms with Crippen LogP contribution in [0.5, 0.6) is 0 Å². The van der Waals surface area contributed by atoms with E-state index in [0.29, 0.717) is 5.41 Å². The summed E-state index contributed by atoms with van der Waals surface area (Å²) in [5.74, 6) is 3.26. The third-order valence-corrected chi connectivity index (χ3v) is 4.83. The lowest BCUT2D eigenvalue weighted by atomic mass is 9.62. The molecule has 12 heavy (non-hydrogen) atoms. The van der Waals surface area contributed by atoms with Crippen LogP contribution in [0.4, 0.5) is 0 Å². The lowest BCUT2D eigenvalue weighted by Crippen LogP contribution is -2.39. The average molecular weight is 165 g/mol. The molecular weight excluding hydrogens is 146 g/mol. The Labute approximate surface area is 74.7 Å². The normalized spacial score (nSPS) is 56.2. The van der Waals surface area contributed by atoms with E-state index >= 15 is 0 Å². The molecule has 68 valence electrons. The molecule has 0 spiro atoms. The van der Waals surface area contributed by atoms with Gasteiger partial charge in [-0.25, -0.2) is 0 Å². The van der Waals surface area contributed by atoms with E-state index in [1.807, 2.05) is 0 Å². The Hall–Kier alpha value is -0.0400. The summed E-state index contributed by atoms with van der Waals surface area (Å²) in [7, 11) is 0. The van der Waals surface area contributed by atoms with Crippen LogP contribution in [0.3, 0.4) is 0 Å². The molecular formula is C11H19N. The van der Waals surface area contributed by atoms with Crippen molar-refractivity contribution < 1.29 is 0 Å². The smallest absolute Gasteiger partial charge is 0.00203 e. The van der Waals surface area contributed by atoms with Gasteiger partial charge in [0.25, 0.3) is 0 Å². The van der Waals surface area contributed by atoms with Crippen LogP contribution in [0.2, 0.25) is 0 Å². The van der Waals surface area contributed by atoms with Crippen molar-refractivity contribution in [3.63, 3.8) is 0 Å². The van der Waals surface area contributed by atoms with Crippen molar-refractivity contribution in [2.75, 3.05) is 6.54 Å². The quantitative estimate of drug-likeness (QED) is 0.633. The van der Waals surface area contributed by atoms with Crippen molar-refractivity contribution >= 4 is 0 Å². The van der Waals surface area contributed by atoms with Gasteiger partial charge in [-0.1, -0.05) is 0 Å². The molecule has 3 fully saturated rings. The van der Waals surface area contributed by atoms with Crippen LogP contribution in [0.25, 0.3) is 0 Å². The van der Waals surface area contributed by atoms with Crippen LogP contribution in [-0.4, -0.2) is 6.54 Å². The SMILES string of the molecule is NC[C@]12CC[C@H]3C[C@H](C[C@H]3C1)C2. The fourth-order valence-corrected chi connectivity index (χ4v) is 4.32. The minimum absolute atomic E-state index is 0.612. The van der Waals surface area contributed by atoms with Gasteiger partial charge in [-0.15, -0.1) is 0 Å². The Bertz CT molecular complexity index is 197. The summed E-state index contributed by atoms with van der Waals surface area (Å²) >= 11 is 0. The first-order valence-electron chi connectivity index (χ1n) is 5.51. The molecule has 3 saturated carbocycles. The zero-order valence-corrected chi connectivity index (χ0v) is 7.76. The zero-order valence-electron chi connectivity index (χ0n) is 7.76. The molecule has 1 nitrogen and oxygen atoms in total. The Morgan fingerprint density at radius 1 is 1.17 bits per heavy atom. The third-order valence-electron chi connectivity index (χ3n) is 4.83. The molecule has 0 unspecified atom stereocenters. The lowest BCUT2D eigenvalue weighted by molar-refractivity contribution is 0.0773. The fraction of sp³-hybridized carbons (Fsp3) is 1.00. The maximum atomic E-state index is 5.93. The van der Waals surface area contributed by atoms with Crippen molar-refractivity contribution in [1.29, 1.82) is 0 Å². The van der Waals surface area contributed by atoms with Crippen LogP contribution in [0.15, 0.2) is 0 Å². The minimum atomic E-state index is 0.612. The predicted molar refractivity (Wildman–Crippen MR) is 49.7 cm³/mol. The Morgan fingerprint density at radius 2 is 2.00 bits per heavy atom. The van der Waals surface area contributed by atoms with Gasteiger partial charge in [-0.05, 0) is 68.2 Å². The second-order valence-corrected chi connectivity index (χ2v) is 5.51. The largest absolute Gasteiger partial charge is 0.330 e. The average Bonchev–Trinajstić information content (AvgIpc) is 2.29. The van der Waals surface area contributed by atoms with Gasteiger partial charge in [0.05, 0.1) is 0 Å². The summed E-state index contributed by atoms with van der Waals surface area (Å²) < 4.78 is 0. The van der Waals surface area contributed by atoms with Crippen molar-refractivity contribution in [3.8, 4) is 0 Å². The topological polar surface area (TPSA) is 26.0 Å². The van der Waals surface area contributed by atoms with E-state index in [0.717, 1.165) is 24.3 Å². The third kappa shape index (κ3) is 0.834. The molecule has 0 radical (unpaired) electrons. The lowest BCUT2D eigenvalue weighted by Gasteiger charge is -2.44. The molecule has 4 atom stereocenters. The van der Waals surface area contributed by atoms with Gasteiger partial charge in [0.1, 0.15) is 0 Å². The molecule has 0 saturated heterocycles. The summed E-state index contributed by atoms with van der Waals surface area (Å²) in [5, 5.41) is 0. The van der Waals surface area contributed by atoms with E-state index in [2.05, 4.69) is 0 Å². The van der Waals surface area contributed by atoms with E-state index in [-0.39, 0.29) is 0 Å². The molecule has 0 aliphatic heterocycles. The van der Waals surface area contributed by atoms with Crippen LogP contribution in [-0.2, 0) is 0 Å². The monoisotopic (exact) mass is 165 g/mol. The molecule has 3 aliphatic carbocycles. The molecule has 3 aliphatic rings. The van der Waals surface area contributed by atoms with Gasteiger partial charge >= 0.3 is 0 Å². The fourth-order valence-electron chi connectivity index (χ4n) is 4.32. The second-order valence-electron chi connectivity index (χ2n) is 5.51. The van der Waals surface area contributed by atoms with Crippen LogP contribution >= 0.6 is 0 Å². The van der Waals surface area contributed by atoms with Gasteiger partial charge in [0, 0.05) is 0 Å². The summed E-state index contributed by atoms with van der Waals surface area (Å²) in [4.78, 5) is 0. The van der Waals surface area contributed by atoms with Crippen molar-refractivity contribution in [2.24, 2.45) is 28.9 Å². The van der Waals surface area contributed by atoms with Crippen LogP contribution < -0.4 is 5.73 Å². The van der Waals surface area contributed by atoms with Gasteiger partial charge in [0.15, 0.2) is 0 Å². The summed E-state index contributed by atoms with van der Waals surface area (Å²) in [6.45, 7) is 0.965. The molecule has 3 rings (SSSR count). The molecule has 2 N–H and O–H groups in total. The molecule has 3 bridgehead atoms. The zero-order chi connectivity index (χ0) is 8.18. The molecule has 0 aromatic carbocycles. The summed E-state index contributed by atoms with van der Waals surface area (Å²) in [6, 6.07) is 0. The number of nitrogens with two attached hydrogens (primary N) is 1. The minimum Gasteiger partial charge on any atom is -0.330 e. The van der Waals surface area contributed by atoms with Crippen molar-refractivity contribution in [3.05, 3.63) is 0 Å². The number of fused-ring (bicyclic) bond motifs is 2. The van der Waals surface area contributed by atoms with Gasteiger partial charge in [-0.3, -0.25) is 0 Å². The Kier molecular flexibility index (Phi) is 1.39. The first kappa shape index (κ1) is 7.37. The standard InChI is InChI=1S/C11H19N/c12-7-11-2-1-9-3-8(5-11)4-10(9)6-11/h8-10H,1-7,12H2/t8-,9+,10+,11+/m1/s1. The van der Waals surface area contributed by atoms with Crippen LogP contribution in [0, 0.1) is 23.2 Å². The van der Waals surface area contributed by atoms with Crippen molar-refractivity contribution in [2.45, 2.75) is 38.5 Å². The number of hydrogen-bond donors (Lipinski definition) is 1. The first-order chi connectivity index (χ1) is 5.81. The van der Waals surface area contributed by atoms with Crippen LogP contribution in [0.1, 0.15) is 38.5 Å².